The van der Waals surface area contributed by atoms with Crippen LogP contribution in [0, 0.1) is 0 Å². The lowest BCUT2D eigenvalue weighted by molar-refractivity contribution is -0.139. The normalized spacial score (nSPS) is 16.2. The first-order valence-corrected chi connectivity index (χ1v) is 12.3. The molecule has 1 aromatic heterocycles. The molecule has 1 saturated heterocycles. The van der Waals surface area contributed by atoms with Crippen LogP contribution in [0.15, 0.2) is 67.1 Å². The molecule has 1 fully saturated rings. The van der Waals surface area contributed by atoms with Crippen molar-refractivity contribution in [2.45, 2.75) is 30.8 Å². The summed E-state index contributed by atoms with van der Waals surface area (Å²) in [5.74, 6) is 0.593. The fourth-order valence-corrected chi connectivity index (χ4v) is 4.69. The fourth-order valence-electron chi connectivity index (χ4n) is 4.69. The first-order valence-electron chi connectivity index (χ1n) is 12.3. The molecule has 9 nitrogen and oxygen atoms in total. The smallest absolute Gasteiger partial charge is 0.243 e. The van der Waals surface area contributed by atoms with Crippen LogP contribution in [0.4, 0.5) is 0 Å². The molecule has 3 aromatic rings. The third kappa shape index (κ3) is 6.18. The molecule has 0 spiro atoms. The molecule has 0 aliphatic carbocycles. The average Bonchev–Trinajstić information content (AvgIpc) is 3.64. The summed E-state index contributed by atoms with van der Waals surface area (Å²) < 4.78 is 10.6. The zero-order valence-corrected chi connectivity index (χ0v) is 21.1. The number of carbonyl (C=O) groups excluding carboxylic acids is 2. The number of nitrogens with one attached hydrogen (secondary N) is 2. The topological polar surface area (TPSA) is 123 Å². The second-order valence-corrected chi connectivity index (χ2v) is 8.89. The van der Waals surface area contributed by atoms with Gasteiger partial charge in [-0.05, 0) is 54.3 Å². The van der Waals surface area contributed by atoms with Crippen molar-refractivity contribution in [3.05, 3.63) is 84.0 Å². The van der Waals surface area contributed by atoms with Crippen LogP contribution >= 0.6 is 0 Å². The number of amides is 2. The number of likely N-dealkylation sites (tertiary alicyclic amines) is 1. The number of aromatic amines is 1. The van der Waals surface area contributed by atoms with Gasteiger partial charge in [0.1, 0.15) is 17.5 Å². The van der Waals surface area contributed by atoms with Gasteiger partial charge in [-0.1, -0.05) is 30.3 Å². The van der Waals surface area contributed by atoms with Crippen molar-refractivity contribution in [3.63, 3.8) is 0 Å². The van der Waals surface area contributed by atoms with Crippen molar-refractivity contribution in [2.24, 2.45) is 5.73 Å². The molecule has 0 radical (unpaired) electrons. The van der Waals surface area contributed by atoms with Gasteiger partial charge in [0.25, 0.3) is 0 Å². The minimum atomic E-state index is -0.879. The minimum absolute atomic E-state index is 0.183. The van der Waals surface area contributed by atoms with Crippen molar-refractivity contribution in [1.29, 1.82) is 0 Å². The minimum Gasteiger partial charge on any atom is -0.497 e. The Bertz CT molecular complexity index is 1140. The predicted octanol–water partition coefficient (Wildman–Crippen LogP) is 2.71. The molecule has 1 aliphatic rings. The predicted molar refractivity (Wildman–Crippen MR) is 141 cm³/mol. The molecule has 2 heterocycles. The van der Waals surface area contributed by atoms with Gasteiger partial charge >= 0.3 is 0 Å². The summed E-state index contributed by atoms with van der Waals surface area (Å²) in [6, 6.07) is 13.7. The summed E-state index contributed by atoms with van der Waals surface area (Å²) in [7, 11) is 3.22. The zero-order valence-electron chi connectivity index (χ0n) is 21.1. The Morgan fingerprint density at radius 2 is 1.73 bits per heavy atom. The summed E-state index contributed by atoms with van der Waals surface area (Å²) >= 11 is 0. The van der Waals surface area contributed by atoms with Gasteiger partial charge < -0.3 is 30.4 Å². The number of rotatable bonds is 10. The van der Waals surface area contributed by atoms with E-state index < -0.39 is 18.0 Å². The average molecular weight is 504 g/mol. The van der Waals surface area contributed by atoms with E-state index in [1.54, 1.807) is 31.6 Å². The Hall–Kier alpha value is -4.11. The summed E-state index contributed by atoms with van der Waals surface area (Å²) in [5.41, 5.74) is 9.30. The number of nitrogens with two attached hydrogens (primary N) is 1. The maximum atomic E-state index is 13.7. The number of methoxy groups -OCH3 is 2. The van der Waals surface area contributed by atoms with Crippen LogP contribution in [0.5, 0.6) is 11.5 Å². The largest absolute Gasteiger partial charge is 0.497 e. The highest BCUT2D eigenvalue weighted by atomic mass is 16.5. The maximum Gasteiger partial charge on any atom is 0.243 e. The van der Waals surface area contributed by atoms with Crippen LogP contribution in [-0.4, -0.2) is 66.1 Å². The van der Waals surface area contributed by atoms with E-state index in [9.17, 15) is 9.59 Å². The number of nitrogens with zero attached hydrogens (tertiary/aromatic N) is 2. The van der Waals surface area contributed by atoms with E-state index in [0.29, 0.717) is 19.5 Å². The highest BCUT2D eigenvalue weighted by Crippen LogP contribution is 2.32. The molecule has 2 aromatic carbocycles. The number of carbonyl (C=O) groups is 2. The molecule has 2 atom stereocenters. The van der Waals surface area contributed by atoms with E-state index in [1.807, 2.05) is 60.7 Å². The molecule has 0 saturated carbocycles. The van der Waals surface area contributed by atoms with Crippen molar-refractivity contribution >= 4 is 17.9 Å². The van der Waals surface area contributed by atoms with Crippen molar-refractivity contribution < 1.29 is 19.1 Å². The lowest BCUT2D eigenvalue weighted by Gasteiger charge is -2.31. The lowest BCUT2D eigenvalue weighted by Crippen LogP contribution is -2.53. The Labute approximate surface area is 216 Å². The number of hydrogen-bond acceptors (Lipinski definition) is 6. The third-order valence-corrected chi connectivity index (χ3v) is 6.64. The van der Waals surface area contributed by atoms with Crippen molar-refractivity contribution in [2.75, 3.05) is 27.3 Å². The van der Waals surface area contributed by atoms with Crippen LogP contribution in [0.25, 0.3) is 6.08 Å². The van der Waals surface area contributed by atoms with E-state index >= 15 is 0 Å². The Morgan fingerprint density at radius 3 is 2.27 bits per heavy atom. The molecule has 37 heavy (non-hydrogen) atoms. The number of benzene rings is 2. The highest BCUT2D eigenvalue weighted by Gasteiger charge is 2.39. The van der Waals surface area contributed by atoms with Crippen LogP contribution in [-0.2, 0) is 9.59 Å². The number of H-pyrrole nitrogens is 1. The fraction of sp³-hybridized carbons (Fsp3) is 0.321. The van der Waals surface area contributed by atoms with E-state index in [4.69, 9.17) is 15.2 Å². The molecule has 4 rings (SSSR count). The molecule has 0 bridgehead atoms. The Balaban J connectivity index is 1.50. The molecular formula is C28H33N5O4. The quantitative estimate of drug-likeness (QED) is 0.391. The van der Waals surface area contributed by atoms with Gasteiger partial charge in [0.05, 0.1) is 38.5 Å². The van der Waals surface area contributed by atoms with Crippen LogP contribution < -0.4 is 20.5 Å². The number of aromatic nitrogens is 2. The second-order valence-electron chi connectivity index (χ2n) is 8.89. The summed E-state index contributed by atoms with van der Waals surface area (Å²) in [4.78, 5) is 35.2. The maximum absolute atomic E-state index is 13.7. The van der Waals surface area contributed by atoms with E-state index in [1.165, 1.54) is 0 Å². The van der Waals surface area contributed by atoms with Gasteiger partial charge in [0.15, 0.2) is 0 Å². The lowest BCUT2D eigenvalue weighted by atomic mass is 9.84. The number of imidazole rings is 1. The van der Waals surface area contributed by atoms with E-state index in [0.717, 1.165) is 34.7 Å². The second kappa shape index (κ2) is 12.2. The van der Waals surface area contributed by atoms with Crippen molar-refractivity contribution in [1.82, 2.24) is 20.2 Å². The molecule has 1 aliphatic heterocycles. The van der Waals surface area contributed by atoms with Gasteiger partial charge in [0, 0.05) is 19.0 Å². The highest BCUT2D eigenvalue weighted by molar-refractivity contribution is 5.91. The molecule has 194 valence electrons. The standard InChI is InChI=1S/C28H33N5O4/c1-36-22-11-7-19(8-12-22)25(20-9-13-23(37-2)14-10-20)26(29)28(35)33-16-4-6-24(33)27(34)31-15-3-5-21-17-30-18-32-21/h3,5,7-14,17-18,24-26H,4,6,15-16,29H2,1-2H3,(H,30,32)(H,31,34)/b5-3+/t24-,26+/m0/s1. The number of hydrogen-bond donors (Lipinski definition) is 3. The number of ether oxygens (including phenoxy) is 2. The summed E-state index contributed by atoms with van der Waals surface area (Å²) in [5, 5.41) is 2.91. The molecule has 0 unspecified atom stereocenters. The molecule has 2 amide bonds. The van der Waals surface area contributed by atoms with E-state index in [-0.39, 0.29) is 11.8 Å². The molecular weight excluding hydrogens is 470 g/mol. The molecule has 9 heteroatoms. The van der Waals surface area contributed by atoms with Gasteiger partial charge in [-0.15, -0.1) is 0 Å². The first kappa shape index (κ1) is 26.0. The molecule has 4 N–H and O–H groups in total. The van der Waals surface area contributed by atoms with Gasteiger partial charge in [-0.3, -0.25) is 9.59 Å². The van der Waals surface area contributed by atoms with Crippen LogP contribution in [0.1, 0.15) is 35.6 Å². The third-order valence-electron chi connectivity index (χ3n) is 6.64. The monoisotopic (exact) mass is 503 g/mol. The SMILES string of the molecule is COc1ccc(C(c2ccc(OC)cc2)[C@@H](N)C(=O)N2CCC[C@H]2C(=O)NC/C=C/c2cnc[nH]2)cc1. The zero-order chi connectivity index (χ0) is 26.2. The summed E-state index contributed by atoms with van der Waals surface area (Å²) in [6.07, 6.45) is 8.31. The van der Waals surface area contributed by atoms with Crippen molar-refractivity contribution in [3.8, 4) is 11.5 Å². The van der Waals surface area contributed by atoms with Gasteiger partial charge in [-0.25, -0.2) is 4.98 Å². The van der Waals surface area contributed by atoms with Gasteiger partial charge in [0.2, 0.25) is 11.8 Å². The van der Waals surface area contributed by atoms with Gasteiger partial charge in [-0.2, -0.15) is 0 Å². The summed E-state index contributed by atoms with van der Waals surface area (Å²) in [6.45, 7) is 0.843. The Kier molecular flexibility index (Phi) is 8.58. The van der Waals surface area contributed by atoms with E-state index in [2.05, 4.69) is 15.3 Å². The van der Waals surface area contributed by atoms with Crippen LogP contribution in [0.3, 0.4) is 0 Å². The Morgan fingerprint density at radius 1 is 1.11 bits per heavy atom. The first-order chi connectivity index (χ1) is 18.0. The van der Waals surface area contributed by atoms with Crippen LogP contribution in [0.2, 0.25) is 0 Å².